The monoisotopic (exact) mass is 514 g/mol. The Hall–Kier alpha value is -3.60. The normalized spacial score (nSPS) is 18.1. The van der Waals surface area contributed by atoms with Gasteiger partial charge in [-0.2, -0.15) is 13.2 Å². The number of pyridine rings is 1. The second-order valence-corrected chi connectivity index (χ2v) is 9.12. The predicted octanol–water partition coefficient (Wildman–Crippen LogP) is 4.92. The molecule has 3 aromatic rings. The van der Waals surface area contributed by atoms with E-state index in [1.165, 1.54) is 10.7 Å². The van der Waals surface area contributed by atoms with Crippen LogP contribution in [0, 0.1) is 13.8 Å². The Morgan fingerprint density at radius 2 is 1.97 bits per heavy atom. The fraction of sp³-hybridized carbons (Fsp3) is 0.423. The molecule has 2 atom stereocenters. The van der Waals surface area contributed by atoms with Crippen LogP contribution in [-0.2, 0) is 4.74 Å². The van der Waals surface area contributed by atoms with Crippen molar-refractivity contribution in [3.05, 3.63) is 76.4 Å². The van der Waals surface area contributed by atoms with Gasteiger partial charge in [-0.3, -0.25) is 4.79 Å². The maximum atomic E-state index is 12.9. The third-order valence-corrected chi connectivity index (χ3v) is 6.37. The fourth-order valence-electron chi connectivity index (χ4n) is 4.21. The van der Waals surface area contributed by atoms with Gasteiger partial charge >= 0.3 is 6.18 Å². The largest absolute Gasteiger partial charge is 0.389 e. The molecule has 1 N–H and O–H groups in total. The van der Waals surface area contributed by atoms with E-state index in [4.69, 9.17) is 4.74 Å². The summed E-state index contributed by atoms with van der Waals surface area (Å²) in [5.41, 5.74) is 6.12. The minimum atomic E-state index is -4.31. The summed E-state index contributed by atoms with van der Waals surface area (Å²) < 4.78 is 46.1. The molecule has 196 valence electrons. The summed E-state index contributed by atoms with van der Waals surface area (Å²) >= 11 is 0. The topological polar surface area (TPSA) is 94.8 Å². The van der Waals surface area contributed by atoms with Gasteiger partial charge in [-0.25, -0.2) is 24.6 Å². The van der Waals surface area contributed by atoms with Crippen LogP contribution in [-0.4, -0.2) is 43.9 Å². The number of nitrogens with one attached hydrogen (secondary N) is 1. The molecule has 0 aliphatic carbocycles. The van der Waals surface area contributed by atoms with Crippen molar-refractivity contribution < 1.29 is 17.9 Å². The van der Waals surface area contributed by atoms with Crippen molar-refractivity contribution >= 4 is 16.7 Å². The molecule has 0 spiro atoms. The van der Waals surface area contributed by atoms with E-state index in [-0.39, 0.29) is 29.6 Å². The second-order valence-electron chi connectivity index (χ2n) is 9.12. The zero-order valence-electron chi connectivity index (χ0n) is 20.8. The second kappa shape index (κ2) is 10.8. The lowest BCUT2D eigenvalue weighted by Crippen LogP contribution is -2.29. The molecule has 1 saturated heterocycles. The summed E-state index contributed by atoms with van der Waals surface area (Å²) in [7, 11) is 0. The summed E-state index contributed by atoms with van der Waals surface area (Å²) in [5.74, 6) is 0.335. The summed E-state index contributed by atoms with van der Waals surface area (Å²) in [6.45, 7) is 12.0. The molecule has 3 aromatic heterocycles. The van der Waals surface area contributed by atoms with Gasteiger partial charge in [0.15, 0.2) is 5.65 Å². The number of halogens is 3. The van der Waals surface area contributed by atoms with Crippen LogP contribution in [0.5, 0.6) is 0 Å². The number of aryl methyl sites for hydroxylation is 2. The van der Waals surface area contributed by atoms with Crippen LogP contribution >= 0.6 is 0 Å². The molecule has 8 nitrogen and oxygen atoms in total. The van der Waals surface area contributed by atoms with Gasteiger partial charge in [-0.05, 0) is 50.3 Å². The van der Waals surface area contributed by atoms with E-state index in [1.54, 1.807) is 25.3 Å². The molecule has 0 saturated carbocycles. The highest BCUT2D eigenvalue weighted by atomic mass is 19.4. The standard InChI is InChI=1S/C26H29F3N6O2/c1-5-11-30-35-14-19(6-7-21(35)36)20-13-18(9-12-37-20)24-33-22(15(2)8-10-26(27,28)29)23-25(34-24)32-17(4)16(3)31-23/h5-7,14,18,20,30H,1-2,8-13H2,3-4H3. The average molecular weight is 515 g/mol. The third kappa shape index (κ3) is 6.22. The molecule has 1 fully saturated rings. The molecule has 1 aliphatic heterocycles. The first-order valence-corrected chi connectivity index (χ1v) is 12.0. The van der Waals surface area contributed by atoms with E-state index >= 15 is 0 Å². The molecule has 0 bridgehead atoms. The maximum absolute atomic E-state index is 12.9. The number of nitrogens with zero attached hydrogens (tertiary/aromatic N) is 5. The molecule has 0 aromatic carbocycles. The summed E-state index contributed by atoms with van der Waals surface area (Å²) in [6, 6.07) is 3.19. The summed E-state index contributed by atoms with van der Waals surface area (Å²) in [6.07, 6.45) is -1.42. The minimum absolute atomic E-state index is 0.137. The number of fused-ring (bicyclic) bond motifs is 1. The van der Waals surface area contributed by atoms with Crippen molar-refractivity contribution in [2.24, 2.45) is 0 Å². The van der Waals surface area contributed by atoms with Gasteiger partial charge in [0.25, 0.3) is 5.56 Å². The number of hydrogen-bond donors (Lipinski definition) is 1. The Morgan fingerprint density at radius 3 is 2.70 bits per heavy atom. The number of rotatable bonds is 8. The van der Waals surface area contributed by atoms with Gasteiger partial charge in [0.2, 0.25) is 0 Å². The minimum Gasteiger partial charge on any atom is -0.373 e. The lowest BCUT2D eigenvalue weighted by molar-refractivity contribution is -0.133. The van der Waals surface area contributed by atoms with Crippen LogP contribution in [0.2, 0.25) is 0 Å². The van der Waals surface area contributed by atoms with Crippen LogP contribution in [0.25, 0.3) is 16.7 Å². The highest BCUT2D eigenvalue weighted by Crippen LogP contribution is 2.37. The van der Waals surface area contributed by atoms with Crippen molar-refractivity contribution in [1.29, 1.82) is 0 Å². The molecule has 2 unspecified atom stereocenters. The Kier molecular flexibility index (Phi) is 7.72. The van der Waals surface area contributed by atoms with Gasteiger partial charge < -0.3 is 10.2 Å². The van der Waals surface area contributed by atoms with E-state index in [0.717, 1.165) is 5.56 Å². The molecule has 1 aliphatic rings. The highest BCUT2D eigenvalue weighted by Gasteiger charge is 2.30. The van der Waals surface area contributed by atoms with Crippen molar-refractivity contribution in [2.45, 2.75) is 57.7 Å². The number of ether oxygens (including phenoxy) is 1. The molecule has 0 radical (unpaired) electrons. The number of hydrogen-bond acceptors (Lipinski definition) is 7. The van der Waals surface area contributed by atoms with Crippen LogP contribution in [0.4, 0.5) is 13.2 Å². The Labute approximate surface area is 212 Å². The Morgan fingerprint density at radius 1 is 1.22 bits per heavy atom. The van der Waals surface area contributed by atoms with E-state index in [2.05, 4.69) is 38.5 Å². The predicted molar refractivity (Wildman–Crippen MR) is 135 cm³/mol. The van der Waals surface area contributed by atoms with Crippen molar-refractivity contribution in [3.8, 4) is 0 Å². The van der Waals surface area contributed by atoms with Gasteiger partial charge in [0.05, 0.1) is 23.2 Å². The zero-order valence-corrected chi connectivity index (χ0v) is 20.8. The average Bonchev–Trinajstić information content (AvgIpc) is 2.86. The molecular weight excluding hydrogens is 485 g/mol. The quantitative estimate of drug-likeness (QED) is 0.427. The zero-order chi connectivity index (χ0) is 26.7. The van der Waals surface area contributed by atoms with Gasteiger partial charge in [-0.1, -0.05) is 12.7 Å². The maximum Gasteiger partial charge on any atom is 0.389 e. The van der Waals surface area contributed by atoms with E-state index < -0.39 is 12.6 Å². The van der Waals surface area contributed by atoms with Gasteiger partial charge in [-0.15, -0.1) is 6.58 Å². The molecule has 11 heteroatoms. The molecule has 4 rings (SSSR count). The van der Waals surface area contributed by atoms with E-state index in [0.29, 0.717) is 60.1 Å². The smallest absolute Gasteiger partial charge is 0.373 e. The SMILES string of the molecule is C=CCNn1cc(C2CC(c3nc(C(=C)CCC(F)(F)F)c4nc(C)c(C)nc4n3)CCO2)ccc1=O. The first-order chi connectivity index (χ1) is 17.6. The summed E-state index contributed by atoms with van der Waals surface area (Å²) in [5, 5.41) is 0. The fourth-order valence-corrected chi connectivity index (χ4v) is 4.21. The van der Waals surface area contributed by atoms with Gasteiger partial charge in [0, 0.05) is 37.8 Å². The van der Waals surface area contributed by atoms with Crippen molar-refractivity contribution in [1.82, 2.24) is 24.6 Å². The van der Waals surface area contributed by atoms with Gasteiger partial charge in [0.1, 0.15) is 11.3 Å². The molecule has 0 amide bonds. The van der Waals surface area contributed by atoms with Crippen LogP contribution in [0.1, 0.15) is 66.2 Å². The van der Waals surface area contributed by atoms with Crippen molar-refractivity contribution in [2.75, 3.05) is 18.6 Å². The molecule has 4 heterocycles. The van der Waals surface area contributed by atoms with E-state index in [1.807, 2.05) is 6.92 Å². The van der Waals surface area contributed by atoms with E-state index in [9.17, 15) is 18.0 Å². The number of allylic oxidation sites excluding steroid dienone is 1. The van der Waals surface area contributed by atoms with Crippen LogP contribution in [0.3, 0.4) is 0 Å². The lowest BCUT2D eigenvalue weighted by Gasteiger charge is -2.29. The molecule has 37 heavy (non-hydrogen) atoms. The summed E-state index contributed by atoms with van der Waals surface area (Å²) in [4.78, 5) is 30.6. The lowest BCUT2D eigenvalue weighted by atomic mass is 9.91. The van der Waals surface area contributed by atoms with Crippen LogP contribution < -0.4 is 11.0 Å². The first kappa shape index (κ1) is 26.5. The Balaban J connectivity index is 1.68. The highest BCUT2D eigenvalue weighted by molar-refractivity contribution is 5.84. The molecular formula is C26H29F3N6O2. The Bertz CT molecular complexity index is 1390. The number of alkyl halides is 3. The number of aromatic nitrogens is 5. The van der Waals surface area contributed by atoms with Crippen LogP contribution in [0.15, 0.2) is 42.4 Å². The third-order valence-electron chi connectivity index (χ3n) is 6.37. The van der Waals surface area contributed by atoms with Crippen molar-refractivity contribution in [3.63, 3.8) is 0 Å². The first-order valence-electron chi connectivity index (χ1n) is 12.0.